The number of aromatic nitrogens is 1. The monoisotopic (exact) mass is 551 g/mol. The molecule has 0 saturated heterocycles. The van der Waals surface area contributed by atoms with Crippen LogP contribution in [0.2, 0.25) is 0 Å². The van der Waals surface area contributed by atoms with E-state index in [0.29, 0.717) is 0 Å². The molecule has 1 heteroatoms. The molecule has 3 aliphatic carbocycles. The van der Waals surface area contributed by atoms with Crippen LogP contribution in [-0.2, 0) is 0 Å². The largest absolute Gasteiger partial charge is 0.248 e. The van der Waals surface area contributed by atoms with Gasteiger partial charge in [0.15, 0.2) is 0 Å². The van der Waals surface area contributed by atoms with Gasteiger partial charge in [-0.1, -0.05) is 136 Å². The SMILES string of the molecule is C=CC1=C(C=C)c2ccc(-c3ccc(C4=CCC(c5c(C=C)c(C=C)nc6ccccc56)C=C4)cc3)c3c2C1=CCC=C3. The van der Waals surface area contributed by atoms with E-state index in [1.165, 1.54) is 66.6 Å². The summed E-state index contributed by atoms with van der Waals surface area (Å²) in [6.45, 7) is 16.3. The summed E-state index contributed by atoms with van der Waals surface area (Å²) in [5.74, 6) is 0.245. The minimum absolute atomic E-state index is 0.245. The Kier molecular flexibility index (Phi) is 6.72. The molecule has 0 spiro atoms. The van der Waals surface area contributed by atoms with Crippen LogP contribution in [0.25, 0.3) is 57.0 Å². The average Bonchev–Trinajstić information content (AvgIpc) is 3.21. The number of allylic oxidation sites excluding steroid dienone is 11. The molecule has 1 nitrogen and oxygen atoms in total. The van der Waals surface area contributed by atoms with E-state index in [4.69, 9.17) is 4.98 Å². The fraction of sp³-hybridized carbons (Fsp3) is 0.0714. The second kappa shape index (κ2) is 10.9. The first kappa shape index (κ1) is 26.6. The molecule has 206 valence electrons. The third-order valence-corrected chi connectivity index (χ3v) is 8.93. The van der Waals surface area contributed by atoms with Crippen molar-refractivity contribution in [1.29, 1.82) is 0 Å². The summed E-state index contributed by atoms with van der Waals surface area (Å²) in [4.78, 5) is 4.83. The molecule has 0 fully saturated rings. The third kappa shape index (κ3) is 4.28. The van der Waals surface area contributed by atoms with Gasteiger partial charge in [0.2, 0.25) is 0 Å². The zero-order chi connectivity index (χ0) is 29.5. The molecule has 7 rings (SSSR count). The molecule has 0 radical (unpaired) electrons. The van der Waals surface area contributed by atoms with Crippen molar-refractivity contribution in [2.45, 2.75) is 18.8 Å². The molecule has 43 heavy (non-hydrogen) atoms. The second-order valence-corrected chi connectivity index (χ2v) is 11.1. The zero-order valence-corrected chi connectivity index (χ0v) is 24.3. The van der Waals surface area contributed by atoms with Gasteiger partial charge in [0, 0.05) is 16.9 Å². The summed E-state index contributed by atoms with van der Waals surface area (Å²) in [6, 6.07) is 21.9. The highest BCUT2D eigenvalue weighted by Gasteiger charge is 2.27. The number of para-hydroxylation sites is 1. The van der Waals surface area contributed by atoms with Crippen LogP contribution in [0.4, 0.5) is 0 Å². The van der Waals surface area contributed by atoms with Gasteiger partial charge in [-0.25, -0.2) is 4.98 Å². The summed E-state index contributed by atoms with van der Waals surface area (Å²) < 4.78 is 0. The van der Waals surface area contributed by atoms with E-state index in [0.717, 1.165) is 29.6 Å². The van der Waals surface area contributed by atoms with Crippen LogP contribution in [-0.4, -0.2) is 4.98 Å². The zero-order valence-electron chi connectivity index (χ0n) is 24.3. The van der Waals surface area contributed by atoms with Crippen molar-refractivity contribution in [3.63, 3.8) is 0 Å². The molecule has 0 N–H and O–H groups in total. The Morgan fingerprint density at radius 2 is 1.49 bits per heavy atom. The lowest BCUT2D eigenvalue weighted by Crippen LogP contribution is -2.05. The minimum atomic E-state index is 0.245. The Morgan fingerprint density at radius 3 is 2.21 bits per heavy atom. The van der Waals surface area contributed by atoms with Crippen LogP contribution >= 0.6 is 0 Å². The Morgan fingerprint density at radius 1 is 0.721 bits per heavy atom. The molecule has 0 amide bonds. The maximum atomic E-state index is 4.83. The van der Waals surface area contributed by atoms with Crippen molar-refractivity contribution in [2.24, 2.45) is 0 Å². The highest BCUT2D eigenvalue weighted by atomic mass is 14.7. The fourth-order valence-electron chi connectivity index (χ4n) is 6.94. The summed E-state index contributed by atoms with van der Waals surface area (Å²) >= 11 is 0. The van der Waals surface area contributed by atoms with E-state index >= 15 is 0 Å². The van der Waals surface area contributed by atoms with Crippen molar-refractivity contribution >= 4 is 45.9 Å². The molecule has 0 aliphatic heterocycles. The van der Waals surface area contributed by atoms with E-state index in [-0.39, 0.29) is 5.92 Å². The van der Waals surface area contributed by atoms with E-state index in [2.05, 4.69) is 117 Å². The number of benzene rings is 3. The molecule has 3 aromatic carbocycles. The molecule has 1 heterocycles. The van der Waals surface area contributed by atoms with Gasteiger partial charge < -0.3 is 0 Å². The van der Waals surface area contributed by atoms with Crippen molar-refractivity contribution in [3.8, 4) is 11.1 Å². The maximum Gasteiger partial charge on any atom is 0.0712 e. The lowest BCUT2D eigenvalue weighted by molar-refractivity contribution is 0.860. The van der Waals surface area contributed by atoms with Crippen molar-refractivity contribution in [2.75, 3.05) is 0 Å². The van der Waals surface area contributed by atoms with Gasteiger partial charge in [0.1, 0.15) is 0 Å². The molecule has 1 unspecified atom stereocenters. The summed E-state index contributed by atoms with van der Waals surface area (Å²) in [7, 11) is 0. The minimum Gasteiger partial charge on any atom is -0.248 e. The van der Waals surface area contributed by atoms with E-state index < -0.39 is 0 Å². The van der Waals surface area contributed by atoms with E-state index in [1.807, 2.05) is 30.4 Å². The Labute approximate surface area is 254 Å². The first-order chi connectivity index (χ1) is 21.2. The van der Waals surface area contributed by atoms with Gasteiger partial charge in [-0.3, -0.25) is 0 Å². The third-order valence-electron chi connectivity index (χ3n) is 8.93. The molecule has 0 saturated carbocycles. The number of hydrogen-bond acceptors (Lipinski definition) is 1. The lowest BCUT2D eigenvalue weighted by atomic mass is 9.83. The van der Waals surface area contributed by atoms with Gasteiger partial charge in [-0.2, -0.15) is 0 Å². The molecule has 4 aromatic rings. The highest BCUT2D eigenvalue weighted by Crippen LogP contribution is 2.48. The molecule has 0 bridgehead atoms. The van der Waals surface area contributed by atoms with Gasteiger partial charge in [-0.15, -0.1) is 0 Å². The topological polar surface area (TPSA) is 12.9 Å². The number of fused-ring (bicyclic) bond motifs is 1. The Balaban J connectivity index is 1.20. The van der Waals surface area contributed by atoms with Crippen molar-refractivity contribution in [3.05, 3.63) is 174 Å². The van der Waals surface area contributed by atoms with Gasteiger partial charge >= 0.3 is 0 Å². The van der Waals surface area contributed by atoms with Crippen LogP contribution in [0.3, 0.4) is 0 Å². The highest BCUT2D eigenvalue weighted by molar-refractivity contribution is 6.08. The van der Waals surface area contributed by atoms with Crippen LogP contribution in [0.15, 0.2) is 135 Å². The quantitative estimate of drug-likeness (QED) is 0.223. The predicted octanol–water partition coefficient (Wildman–Crippen LogP) is 11.3. The smallest absolute Gasteiger partial charge is 0.0712 e. The normalized spacial score (nSPS) is 16.8. The average molecular weight is 552 g/mol. The van der Waals surface area contributed by atoms with Gasteiger partial charge in [0.25, 0.3) is 0 Å². The maximum absolute atomic E-state index is 4.83. The predicted molar refractivity (Wildman–Crippen MR) is 187 cm³/mol. The number of pyridine rings is 1. The molecular formula is C42H33N. The summed E-state index contributed by atoms with van der Waals surface area (Å²) in [5.41, 5.74) is 16.6. The first-order valence-corrected chi connectivity index (χ1v) is 14.9. The fourth-order valence-corrected chi connectivity index (χ4v) is 6.94. The van der Waals surface area contributed by atoms with E-state index in [1.54, 1.807) is 0 Å². The number of rotatable bonds is 7. The summed E-state index contributed by atoms with van der Waals surface area (Å²) in [6.07, 6.45) is 23.3. The van der Waals surface area contributed by atoms with Crippen molar-refractivity contribution in [1.82, 2.24) is 4.98 Å². The van der Waals surface area contributed by atoms with E-state index in [9.17, 15) is 0 Å². The Bertz CT molecular complexity index is 2020. The Hall–Kier alpha value is -5.27. The standard InChI is InChI=1S/C42H33N/c1-5-31-32(6-2)37-26-25-34(36-14-10-9-13-35(31)42(36)37)29-21-17-27(18-22-29)28-19-23-30(24-20-28)41-33(7-3)39(8-4)43-40-16-12-11-15-38(40)41/h5-8,10-23,25-26,30H,1-4,9,24H2. The first-order valence-electron chi connectivity index (χ1n) is 14.9. The summed E-state index contributed by atoms with van der Waals surface area (Å²) in [5, 5.41) is 1.18. The van der Waals surface area contributed by atoms with Crippen LogP contribution < -0.4 is 0 Å². The molecule has 3 aliphatic rings. The van der Waals surface area contributed by atoms with Gasteiger partial charge in [-0.05, 0) is 86.2 Å². The van der Waals surface area contributed by atoms with Crippen LogP contribution in [0, 0.1) is 0 Å². The molecule has 1 aromatic heterocycles. The van der Waals surface area contributed by atoms with Crippen molar-refractivity contribution < 1.29 is 0 Å². The number of nitrogens with zero attached hydrogens (tertiary/aromatic N) is 1. The lowest BCUT2D eigenvalue weighted by Gasteiger charge is -2.22. The van der Waals surface area contributed by atoms with Crippen LogP contribution in [0.5, 0.6) is 0 Å². The molecule has 1 atom stereocenters. The molecular weight excluding hydrogens is 518 g/mol. The second-order valence-electron chi connectivity index (χ2n) is 11.1. The number of hydrogen-bond donors (Lipinski definition) is 0. The van der Waals surface area contributed by atoms with Gasteiger partial charge in [0.05, 0.1) is 11.2 Å². The van der Waals surface area contributed by atoms with Crippen LogP contribution in [0.1, 0.15) is 57.8 Å².